The molecule has 9 heteroatoms. The van der Waals surface area contributed by atoms with Crippen molar-refractivity contribution >= 4 is 10.0 Å². The number of hydrogen-bond donors (Lipinski definition) is 1. The minimum atomic E-state index is -3.75. The van der Waals surface area contributed by atoms with Gasteiger partial charge < -0.3 is 9.15 Å². The highest BCUT2D eigenvalue weighted by molar-refractivity contribution is 7.89. The number of ether oxygens (including phenoxy) is 1. The van der Waals surface area contributed by atoms with Gasteiger partial charge in [-0.05, 0) is 32.9 Å². The molecule has 2 rings (SSSR count). The lowest BCUT2D eigenvalue weighted by Crippen LogP contribution is -2.28. The second kappa shape index (κ2) is 5.86. The van der Waals surface area contributed by atoms with Gasteiger partial charge in [0.25, 0.3) is 10.0 Å². The van der Waals surface area contributed by atoms with Gasteiger partial charge in [-0.2, -0.15) is 4.72 Å². The van der Waals surface area contributed by atoms with Gasteiger partial charge in [-0.3, -0.25) is 4.57 Å². The molecule has 0 aliphatic heterocycles. The van der Waals surface area contributed by atoms with Gasteiger partial charge in [-0.25, -0.2) is 8.42 Å². The van der Waals surface area contributed by atoms with Crippen LogP contribution in [0.4, 0.5) is 0 Å². The van der Waals surface area contributed by atoms with Crippen molar-refractivity contribution in [3.8, 4) is 6.01 Å². The predicted molar refractivity (Wildman–Crippen MR) is 74.4 cm³/mol. The second-order valence-electron chi connectivity index (χ2n) is 4.50. The fourth-order valence-corrected chi connectivity index (χ4v) is 3.14. The number of methoxy groups -OCH3 is 1. The van der Waals surface area contributed by atoms with Crippen LogP contribution in [0.1, 0.15) is 31.5 Å². The van der Waals surface area contributed by atoms with Gasteiger partial charge in [0.1, 0.15) is 5.76 Å². The molecule has 8 nitrogen and oxygen atoms in total. The van der Waals surface area contributed by atoms with Gasteiger partial charge in [0, 0.05) is 6.54 Å². The van der Waals surface area contributed by atoms with Crippen LogP contribution in [0.5, 0.6) is 6.01 Å². The van der Waals surface area contributed by atoms with Gasteiger partial charge in [0.15, 0.2) is 5.82 Å². The molecular weight excluding hydrogens is 296 g/mol. The Morgan fingerprint density at radius 1 is 1.43 bits per heavy atom. The molecular formula is C12H18N4O4S. The third-order valence-electron chi connectivity index (χ3n) is 2.94. The van der Waals surface area contributed by atoms with Crippen molar-refractivity contribution in [2.24, 2.45) is 0 Å². The smallest absolute Gasteiger partial charge is 0.316 e. The number of rotatable bonds is 6. The molecule has 2 aromatic rings. The quantitative estimate of drug-likeness (QED) is 0.861. The van der Waals surface area contributed by atoms with E-state index in [4.69, 9.17) is 9.15 Å². The minimum absolute atomic E-state index is 0.124. The molecule has 0 aromatic carbocycles. The molecule has 0 aliphatic rings. The molecule has 0 radical (unpaired) electrons. The molecule has 0 fully saturated rings. The van der Waals surface area contributed by atoms with Crippen LogP contribution in [0.2, 0.25) is 0 Å². The van der Waals surface area contributed by atoms with E-state index < -0.39 is 16.1 Å². The fourth-order valence-electron chi connectivity index (χ4n) is 1.97. The van der Waals surface area contributed by atoms with Gasteiger partial charge >= 0.3 is 6.01 Å². The Morgan fingerprint density at radius 3 is 2.67 bits per heavy atom. The molecule has 0 saturated carbocycles. The maximum atomic E-state index is 12.2. The standard InChI is InChI=1S/C12H18N4O4S/c1-5-16-11(13-14-12(16)19-4)9(3)15-21(17,18)10-7-6-8(2)20-10/h6-7,9,15H,5H2,1-4H3/t9-/m1/s1. The summed E-state index contributed by atoms with van der Waals surface area (Å²) in [5, 5.41) is 7.71. The third kappa shape index (κ3) is 3.08. The van der Waals surface area contributed by atoms with Crippen LogP contribution in [0.15, 0.2) is 21.6 Å². The molecule has 1 N–H and O–H groups in total. The van der Waals surface area contributed by atoms with E-state index in [9.17, 15) is 8.42 Å². The van der Waals surface area contributed by atoms with Gasteiger partial charge in [-0.1, -0.05) is 5.10 Å². The average Bonchev–Trinajstić information content (AvgIpc) is 3.03. The average molecular weight is 314 g/mol. The van der Waals surface area contributed by atoms with E-state index in [1.165, 1.54) is 13.2 Å². The number of sulfonamides is 1. The highest BCUT2D eigenvalue weighted by atomic mass is 32.2. The van der Waals surface area contributed by atoms with Gasteiger partial charge in [0.05, 0.1) is 13.2 Å². The molecule has 2 heterocycles. The largest absolute Gasteiger partial charge is 0.467 e. The molecule has 1 atom stereocenters. The Bertz CT molecular complexity index is 719. The fraction of sp³-hybridized carbons (Fsp3) is 0.500. The Morgan fingerprint density at radius 2 is 2.14 bits per heavy atom. The van der Waals surface area contributed by atoms with Crippen LogP contribution in [0.3, 0.4) is 0 Å². The highest BCUT2D eigenvalue weighted by Crippen LogP contribution is 2.20. The number of aryl methyl sites for hydroxylation is 1. The van der Waals surface area contributed by atoms with Crippen molar-refractivity contribution in [2.75, 3.05) is 7.11 Å². The first-order valence-corrected chi connectivity index (χ1v) is 7.93. The van der Waals surface area contributed by atoms with E-state index in [1.54, 1.807) is 24.5 Å². The Labute approximate surface area is 123 Å². The van der Waals surface area contributed by atoms with Gasteiger partial charge in [0.2, 0.25) is 5.09 Å². The summed E-state index contributed by atoms with van der Waals surface area (Å²) in [4.78, 5) is 0. The summed E-state index contributed by atoms with van der Waals surface area (Å²) in [6.45, 7) is 5.83. The van der Waals surface area contributed by atoms with Crippen molar-refractivity contribution in [1.82, 2.24) is 19.5 Å². The first-order chi connectivity index (χ1) is 9.89. The first-order valence-electron chi connectivity index (χ1n) is 6.45. The SMILES string of the molecule is CCn1c(OC)nnc1[C@@H](C)NS(=O)(=O)c1ccc(C)o1. The van der Waals surface area contributed by atoms with Crippen LogP contribution in [0, 0.1) is 6.92 Å². The van der Waals surface area contributed by atoms with Gasteiger partial charge in [-0.15, -0.1) is 5.10 Å². The van der Waals surface area contributed by atoms with E-state index >= 15 is 0 Å². The Balaban J connectivity index is 2.25. The lowest BCUT2D eigenvalue weighted by atomic mass is 10.3. The first kappa shape index (κ1) is 15.5. The summed E-state index contributed by atoms with van der Waals surface area (Å²) in [5.41, 5.74) is 0. The summed E-state index contributed by atoms with van der Waals surface area (Å²) >= 11 is 0. The molecule has 0 spiro atoms. The number of nitrogens with one attached hydrogen (secondary N) is 1. The minimum Gasteiger partial charge on any atom is -0.467 e. The normalized spacial score (nSPS) is 13.3. The zero-order valence-corrected chi connectivity index (χ0v) is 13.1. The molecule has 0 saturated heterocycles. The van der Waals surface area contributed by atoms with Crippen molar-refractivity contribution in [3.05, 3.63) is 23.7 Å². The Hall–Kier alpha value is -1.87. The van der Waals surface area contributed by atoms with Crippen LogP contribution in [0.25, 0.3) is 0 Å². The van der Waals surface area contributed by atoms with Crippen LogP contribution < -0.4 is 9.46 Å². The van der Waals surface area contributed by atoms with Crippen LogP contribution in [-0.2, 0) is 16.6 Å². The van der Waals surface area contributed by atoms with Crippen LogP contribution >= 0.6 is 0 Å². The molecule has 0 amide bonds. The molecule has 0 unspecified atom stereocenters. The third-order valence-corrected chi connectivity index (χ3v) is 4.36. The van der Waals surface area contributed by atoms with E-state index in [0.717, 1.165) is 0 Å². The highest BCUT2D eigenvalue weighted by Gasteiger charge is 2.25. The number of nitrogens with zero attached hydrogens (tertiary/aromatic N) is 3. The zero-order chi connectivity index (χ0) is 15.6. The number of hydrogen-bond acceptors (Lipinski definition) is 6. The van der Waals surface area contributed by atoms with Crippen molar-refractivity contribution in [1.29, 1.82) is 0 Å². The molecule has 21 heavy (non-hydrogen) atoms. The van der Waals surface area contributed by atoms with Crippen molar-refractivity contribution < 1.29 is 17.6 Å². The topological polar surface area (TPSA) is 99.2 Å². The second-order valence-corrected chi connectivity index (χ2v) is 6.14. The molecule has 2 aromatic heterocycles. The lowest BCUT2D eigenvalue weighted by molar-refractivity contribution is 0.354. The summed E-state index contributed by atoms with van der Waals surface area (Å²) in [7, 11) is -2.26. The van der Waals surface area contributed by atoms with E-state index in [1.807, 2.05) is 6.92 Å². The summed E-state index contributed by atoms with van der Waals surface area (Å²) in [5.74, 6) is 1.00. The van der Waals surface area contributed by atoms with Crippen molar-refractivity contribution in [2.45, 2.75) is 38.5 Å². The maximum Gasteiger partial charge on any atom is 0.316 e. The molecule has 0 bridgehead atoms. The monoisotopic (exact) mass is 314 g/mol. The maximum absolute atomic E-state index is 12.2. The summed E-state index contributed by atoms with van der Waals surface area (Å²) in [6, 6.07) is 2.77. The zero-order valence-electron chi connectivity index (χ0n) is 12.3. The van der Waals surface area contributed by atoms with Crippen LogP contribution in [-0.4, -0.2) is 30.3 Å². The van der Waals surface area contributed by atoms with E-state index in [0.29, 0.717) is 24.1 Å². The number of furan rings is 1. The molecule has 116 valence electrons. The number of aromatic nitrogens is 3. The summed E-state index contributed by atoms with van der Waals surface area (Å²) in [6.07, 6.45) is 0. The van der Waals surface area contributed by atoms with Crippen molar-refractivity contribution in [3.63, 3.8) is 0 Å². The molecule has 0 aliphatic carbocycles. The Kier molecular flexibility index (Phi) is 4.33. The lowest BCUT2D eigenvalue weighted by Gasteiger charge is -2.13. The summed E-state index contributed by atoms with van der Waals surface area (Å²) < 4.78 is 38.9. The predicted octanol–water partition coefficient (Wildman–Crippen LogP) is 1.25. The van der Waals surface area contributed by atoms with E-state index in [-0.39, 0.29) is 5.09 Å². The van der Waals surface area contributed by atoms with E-state index in [2.05, 4.69) is 14.9 Å².